The van der Waals surface area contributed by atoms with Crippen molar-refractivity contribution >= 4 is 22.7 Å². The van der Waals surface area contributed by atoms with Gasteiger partial charge in [0, 0.05) is 0 Å². The van der Waals surface area contributed by atoms with Crippen molar-refractivity contribution in [3.05, 3.63) is 27.4 Å². The van der Waals surface area contributed by atoms with E-state index in [1.165, 1.54) is 0 Å². The second-order valence-corrected chi connectivity index (χ2v) is 3.37. The fourth-order valence-electron chi connectivity index (χ4n) is 1.21. The van der Waals surface area contributed by atoms with Gasteiger partial charge < -0.3 is 14.9 Å². The summed E-state index contributed by atoms with van der Waals surface area (Å²) in [4.78, 5) is 23.8. The molecule has 0 N–H and O–H groups in total. The molecule has 1 aromatic heterocycles. The third-order valence-electron chi connectivity index (χ3n) is 1.86. The van der Waals surface area contributed by atoms with E-state index in [9.17, 15) is 28.1 Å². The maximum absolute atomic E-state index is 12.0. The van der Waals surface area contributed by atoms with Crippen LogP contribution in [0, 0.1) is 17.0 Å². The minimum Gasteiger partial charge on any atom is -0.401 e. The maximum atomic E-state index is 12.0. The number of alkyl halides is 3. The van der Waals surface area contributed by atoms with Crippen molar-refractivity contribution in [2.45, 2.75) is 13.3 Å². The first-order valence-electron chi connectivity index (χ1n) is 4.23. The SMILES string of the molecule is Cc1c([N+](=O)[O-])ncc(OC(F)(F)F)c1C(=O)Cl. The number of halogens is 4. The van der Waals surface area contributed by atoms with Crippen LogP contribution in [0.25, 0.3) is 0 Å². The van der Waals surface area contributed by atoms with Crippen molar-refractivity contribution < 1.29 is 27.6 Å². The van der Waals surface area contributed by atoms with E-state index in [1.807, 2.05) is 0 Å². The molecule has 0 aliphatic carbocycles. The van der Waals surface area contributed by atoms with Gasteiger partial charge in [0.05, 0.1) is 11.1 Å². The second-order valence-electron chi connectivity index (χ2n) is 3.02. The molecule has 0 spiro atoms. The van der Waals surface area contributed by atoms with Crippen LogP contribution in [0.3, 0.4) is 0 Å². The number of nitro groups is 1. The van der Waals surface area contributed by atoms with Gasteiger partial charge >= 0.3 is 12.2 Å². The molecule has 0 saturated heterocycles. The topological polar surface area (TPSA) is 82.3 Å². The predicted octanol–water partition coefficient (Wildman–Crippen LogP) is 2.58. The van der Waals surface area contributed by atoms with Crippen LogP contribution in [0.15, 0.2) is 6.20 Å². The Morgan fingerprint density at radius 2 is 2.11 bits per heavy atom. The molecular weight excluding hydrogens is 281 g/mol. The highest BCUT2D eigenvalue weighted by Gasteiger charge is 2.35. The Bertz CT molecular complexity index is 518. The molecule has 0 aromatic carbocycles. The molecule has 0 aliphatic heterocycles. The van der Waals surface area contributed by atoms with Crippen molar-refractivity contribution in [3.63, 3.8) is 0 Å². The van der Waals surface area contributed by atoms with Crippen LogP contribution in [0.4, 0.5) is 19.0 Å². The van der Waals surface area contributed by atoms with Gasteiger partial charge in [0.2, 0.25) is 0 Å². The quantitative estimate of drug-likeness (QED) is 0.484. The van der Waals surface area contributed by atoms with E-state index in [2.05, 4.69) is 9.72 Å². The summed E-state index contributed by atoms with van der Waals surface area (Å²) in [5, 5.41) is 9.21. The van der Waals surface area contributed by atoms with Crippen LogP contribution >= 0.6 is 11.6 Å². The Balaban J connectivity index is 3.42. The zero-order valence-electron chi connectivity index (χ0n) is 8.62. The lowest BCUT2D eigenvalue weighted by molar-refractivity contribution is -0.390. The highest BCUT2D eigenvalue weighted by atomic mass is 35.5. The molecular formula is C8H4ClF3N2O4. The Labute approximate surface area is 102 Å². The summed E-state index contributed by atoms with van der Waals surface area (Å²) in [7, 11) is 0. The van der Waals surface area contributed by atoms with E-state index in [-0.39, 0.29) is 0 Å². The molecule has 0 radical (unpaired) electrons. The predicted molar refractivity (Wildman–Crippen MR) is 52.5 cm³/mol. The fourth-order valence-corrected chi connectivity index (χ4v) is 1.44. The molecule has 98 valence electrons. The molecule has 18 heavy (non-hydrogen) atoms. The summed E-state index contributed by atoms with van der Waals surface area (Å²) in [6.07, 6.45) is -4.64. The Morgan fingerprint density at radius 1 is 1.56 bits per heavy atom. The standard InChI is InChI=1S/C8H4ClF3N2O4/c1-3-5(6(9)15)4(18-8(10,11)12)2-13-7(3)14(16)17/h2H,1H3. The van der Waals surface area contributed by atoms with Gasteiger partial charge in [-0.3, -0.25) is 4.79 Å². The van der Waals surface area contributed by atoms with E-state index in [0.29, 0.717) is 6.20 Å². The van der Waals surface area contributed by atoms with Gasteiger partial charge in [-0.25, -0.2) is 0 Å². The first-order valence-corrected chi connectivity index (χ1v) is 4.61. The van der Waals surface area contributed by atoms with Crippen molar-refractivity contribution in [3.8, 4) is 5.75 Å². The number of ether oxygens (including phenoxy) is 1. The minimum absolute atomic E-state index is 0.401. The van der Waals surface area contributed by atoms with Gasteiger partial charge in [-0.1, -0.05) is 0 Å². The molecule has 0 bridgehead atoms. The first kappa shape index (κ1) is 14.2. The normalized spacial score (nSPS) is 11.2. The van der Waals surface area contributed by atoms with Gasteiger partial charge in [-0.2, -0.15) is 0 Å². The number of carbonyl (C=O) groups excluding carboxylic acids is 1. The maximum Gasteiger partial charge on any atom is 0.573 e. The Kier molecular flexibility index (Phi) is 3.75. The number of aromatic nitrogens is 1. The highest BCUT2D eigenvalue weighted by molar-refractivity contribution is 6.68. The average Bonchev–Trinajstić information content (AvgIpc) is 2.13. The minimum atomic E-state index is -5.06. The molecule has 0 amide bonds. The van der Waals surface area contributed by atoms with Crippen LogP contribution in [0.1, 0.15) is 15.9 Å². The summed E-state index contributed by atoms with van der Waals surface area (Å²) in [5.41, 5.74) is -1.14. The van der Waals surface area contributed by atoms with Gasteiger partial charge in [0.15, 0.2) is 11.9 Å². The molecule has 0 atom stereocenters. The lowest BCUT2D eigenvalue weighted by Gasteiger charge is -2.11. The number of nitrogens with zero attached hydrogens (tertiary/aromatic N) is 2. The molecule has 1 heterocycles. The average molecular weight is 285 g/mol. The van der Waals surface area contributed by atoms with Crippen LogP contribution in [-0.2, 0) is 0 Å². The summed E-state index contributed by atoms with van der Waals surface area (Å²) < 4.78 is 39.6. The van der Waals surface area contributed by atoms with Crippen LogP contribution in [0.5, 0.6) is 5.75 Å². The molecule has 1 aromatic rings. The van der Waals surface area contributed by atoms with E-state index in [0.717, 1.165) is 6.92 Å². The lowest BCUT2D eigenvalue weighted by atomic mass is 10.1. The number of pyridine rings is 1. The number of rotatable bonds is 3. The third kappa shape index (κ3) is 3.06. The molecule has 0 fully saturated rings. The van der Waals surface area contributed by atoms with Crippen molar-refractivity contribution in [1.82, 2.24) is 4.98 Å². The van der Waals surface area contributed by atoms with Crippen molar-refractivity contribution in [1.29, 1.82) is 0 Å². The molecule has 0 aliphatic rings. The van der Waals surface area contributed by atoms with E-state index in [4.69, 9.17) is 11.6 Å². The third-order valence-corrected chi connectivity index (χ3v) is 2.05. The van der Waals surface area contributed by atoms with Gasteiger partial charge in [-0.15, -0.1) is 13.2 Å². The van der Waals surface area contributed by atoms with Gasteiger partial charge in [-0.05, 0) is 28.4 Å². The number of hydrogen-bond donors (Lipinski definition) is 0. The van der Waals surface area contributed by atoms with E-state index >= 15 is 0 Å². The number of carbonyl (C=O) groups is 1. The van der Waals surface area contributed by atoms with Crippen LogP contribution in [-0.4, -0.2) is 21.5 Å². The van der Waals surface area contributed by atoms with Crippen LogP contribution < -0.4 is 4.74 Å². The molecule has 0 unspecified atom stereocenters. The smallest absolute Gasteiger partial charge is 0.401 e. The van der Waals surface area contributed by atoms with Gasteiger partial charge in [0.25, 0.3) is 5.24 Å². The van der Waals surface area contributed by atoms with Gasteiger partial charge in [0.1, 0.15) is 0 Å². The largest absolute Gasteiger partial charge is 0.573 e. The fraction of sp³-hybridized carbons (Fsp3) is 0.250. The van der Waals surface area contributed by atoms with Crippen molar-refractivity contribution in [2.24, 2.45) is 0 Å². The highest BCUT2D eigenvalue weighted by Crippen LogP contribution is 2.32. The zero-order valence-corrected chi connectivity index (χ0v) is 9.37. The molecule has 1 rings (SSSR count). The Hall–Kier alpha value is -1.90. The lowest BCUT2D eigenvalue weighted by Crippen LogP contribution is -2.19. The molecule has 0 saturated carbocycles. The zero-order chi connectivity index (χ0) is 14.1. The summed E-state index contributed by atoms with van der Waals surface area (Å²) in [5.74, 6) is -1.75. The molecule has 6 nitrogen and oxygen atoms in total. The summed E-state index contributed by atoms with van der Waals surface area (Å²) >= 11 is 5.08. The van der Waals surface area contributed by atoms with E-state index in [1.54, 1.807) is 0 Å². The number of hydrogen-bond acceptors (Lipinski definition) is 5. The second kappa shape index (κ2) is 4.77. The summed E-state index contributed by atoms with van der Waals surface area (Å²) in [6.45, 7) is 1.05. The summed E-state index contributed by atoms with van der Waals surface area (Å²) in [6, 6.07) is 0. The molecule has 10 heteroatoms. The van der Waals surface area contributed by atoms with E-state index < -0.39 is 39.2 Å². The monoisotopic (exact) mass is 284 g/mol. The van der Waals surface area contributed by atoms with Crippen molar-refractivity contribution in [2.75, 3.05) is 0 Å². The Morgan fingerprint density at radius 3 is 2.50 bits per heavy atom. The van der Waals surface area contributed by atoms with Crippen LogP contribution in [0.2, 0.25) is 0 Å². The first-order chi connectivity index (χ1) is 8.13.